The molecule has 0 atom stereocenters. The van der Waals surface area contributed by atoms with Crippen molar-refractivity contribution in [3.63, 3.8) is 0 Å². The average Bonchev–Trinajstić information content (AvgIpc) is 3.00. The van der Waals surface area contributed by atoms with Crippen LogP contribution in [0.3, 0.4) is 0 Å². The minimum atomic E-state index is 0.325. The number of hydrogen-bond donors (Lipinski definition) is 0. The number of hydrogen-bond acceptors (Lipinski definition) is 5. The third kappa shape index (κ3) is 2.69. The van der Waals surface area contributed by atoms with Crippen molar-refractivity contribution in [2.24, 2.45) is 0 Å². The number of rotatable bonds is 2. The molecule has 0 saturated heterocycles. The van der Waals surface area contributed by atoms with E-state index < -0.39 is 0 Å². The van der Waals surface area contributed by atoms with Crippen LogP contribution in [0, 0.1) is 18.3 Å². The molecule has 0 aliphatic carbocycles. The summed E-state index contributed by atoms with van der Waals surface area (Å²) < 4.78 is 6.22. The third-order valence-corrected chi connectivity index (χ3v) is 3.82. The summed E-state index contributed by atoms with van der Waals surface area (Å²) in [5.74, 6) is 0.822. The zero-order valence-electron chi connectivity index (χ0n) is 11.0. The van der Waals surface area contributed by atoms with Crippen molar-refractivity contribution in [2.45, 2.75) is 6.92 Å². The van der Waals surface area contributed by atoms with E-state index in [0.29, 0.717) is 23.0 Å². The van der Waals surface area contributed by atoms with E-state index in [0.717, 1.165) is 15.6 Å². The Bertz CT molecular complexity index is 834. The summed E-state index contributed by atoms with van der Waals surface area (Å²) in [6, 6.07) is 11.2. The van der Waals surface area contributed by atoms with E-state index in [1.807, 2.05) is 31.2 Å². The highest BCUT2D eigenvalue weighted by Crippen LogP contribution is 2.25. The minimum Gasteiger partial charge on any atom is -0.332 e. The van der Waals surface area contributed by atoms with E-state index in [1.165, 1.54) is 6.20 Å². The lowest BCUT2D eigenvalue weighted by molar-refractivity contribution is 0.431. The van der Waals surface area contributed by atoms with Crippen LogP contribution in [0.1, 0.15) is 11.1 Å². The van der Waals surface area contributed by atoms with Crippen LogP contribution in [0.15, 0.2) is 45.5 Å². The first kappa shape index (κ1) is 13.5. The molecule has 0 bridgehead atoms. The quantitative estimate of drug-likeness (QED) is 0.710. The Morgan fingerprint density at radius 3 is 2.76 bits per heavy atom. The Morgan fingerprint density at radius 2 is 2.10 bits per heavy atom. The van der Waals surface area contributed by atoms with Gasteiger partial charge in [0.1, 0.15) is 11.8 Å². The number of nitrogens with zero attached hydrogens (tertiary/aromatic N) is 4. The van der Waals surface area contributed by atoms with Crippen LogP contribution in [-0.2, 0) is 0 Å². The van der Waals surface area contributed by atoms with Crippen molar-refractivity contribution in [1.82, 2.24) is 15.1 Å². The summed E-state index contributed by atoms with van der Waals surface area (Å²) in [5.41, 5.74) is 3.02. The molecule has 0 N–H and O–H groups in total. The molecule has 2 aromatic heterocycles. The summed E-state index contributed by atoms with van der Waals surface area (Å²) in [5, 5.41) is 12.7. The van der Waals surface area contributed by atoms with E-state index in [4.69, 9.17) is 9.78 Å². The smallest absolute Gasteiger partial charge is 0.276 e. The Labute approximate surface area is 129 Å². The molecule has 0 unspecified atom stereocenters. The molecule has 102 valence electrons. The maximum atomic E-state index is 8.75. The van der Waals surface area contributed by atoms with Crippen LogP contribution in [0.2, 0.25) is 0 Å². The highest BCUT2D eigenvalue weighted by atomic mass is 79.9. The van der Waals surface area contributed by atoms with Gasteiger partial charge >= 0.3 is 0 Å². The third-order valence-electron chi connectivity index (χ3n) is 2.97. The van der Waals surface area contributed by atoms with Crippen molar-refractivity contribution in [1.29, 1.82) is 5.26 Å². The van der Waals surface area contributed by atoms with Gasteiger partial charge in [0.05, 0.1) is 5.56 Å². The predicted molar refractivity (Wildman–Crippen MR) is 80.1 cm³/mol. The summed E-state index contributed by atoms with van der Waals surface area (Å²) in [7, 11) is 0. The largest absolute Gasteiger partial charge is 0.332 e. The van der Waals surface area contributed by atoms with Gasteiger partial charge in [0.15, 0.2) is 0 Å². The molecule has 21 heavy (non-hydrogen) atoms. The molecular weight excluding hydrogens is 332 g/mol. The van der Waals surface area contributed by atoms with Gasteiger partial charge in [-0.2, -0.15) is 10.2 Å². The first-order valence-electron chi connectivity index (χ1n) is 6.14. The van der Waals surface area contributed by atoms with Gasteiger partial charge in [-0.1, -0.05) is 33.2 Å². The second-order valence-corrected chi connectivity index (χ2v) is 5.29. The van der Waals surface area contributed by atoms with E-state index in [9.17, 15) is 0 Å². The van der Waals surface area contributed by atoms with Gasteiger partial charge in [-0.3, -0.25) is 0 Å². The second kappa shape index (κ2) is 5.46. The Balaban J connectivity index is 1.95. The van der Waals surface area contributed by atoms with Crippen molar-refractivity contribution < 1.29 is 4.52 Å². The lowest BCUT2D eigenvalue weighted by Gasteiger charge is -1.99. The van der Waals surface area contributed by atoms with E-state index in [-0.39, 0.29) is 0 Å². The predicted octanol–water partition coefficient (Wildman–Crippen LogP) is 3.74. The van der Waals surface area contributed by atoms with Gasteiger partial charge < -0.3 is 4.52 Å². The van der Waals surface area contributed by atoms with Gasteiger partial charge in [-0.05, 0) is 30.7 Å². The van der Waals surface area contributed by atoms with Crippen LogP contribution in [0.5, 0.6) is 0 Å². The molecule has 0 amide bonds. The molecule has 0 aliphatic heterocycles. The Hall–Kier alpha value is -2.52. The van der Waals surface area contributed by atoms with E-state index in [1.54, 1.807) is 12.1 Å². The second-order valence-electron chi connectivity index (χ2n) is 4.43. The molecule has 0 spiro atoms. The molecule has 3 rings (SSSR count). The van der Waals surface area contributed by atoms with Gasteiger partial charge in [0.2, 0.25) is 5.82 Å². The molecular formula is C15H9BrN4O. The van der Waals surface area contributed by atoms with Crippen LogP contribution in [0.25, 0.3) is 23.0 Å². The highest BCUT2D eigenvalue weighted by Gasteiger charge is 2.12. The van der Waals surface area contributed by atoms with Gasteiger partial charge in [-0.15, -0.1) is 0 Å². The summed E-state index contributed by atoms with van der Waals surface area (Å²) in [4.78, 5) is 8.46. The number of benzene rings is 1. The normalized spacial score (nSPS) is 10.3. The van der Waals surface area contributed by atoms with Gasteiger partial charge in [0.25, 0.3) is 5.89 Å². The topological polar surface area (TPSA) is 75.6 Å². The van der Waals surface area contributed by atoms with Crippen LogP contribution in [-0.4, -0.2) is 15.1 Å². The fourth-order valence-electron chi connectivity index (χ4n) is 1.76. The van der Waals surface area contributed by atoms with Crippen molar-refractivity contribution in [2.75, 3.05) is 0 Å². The van der Waals surface area contributed by atoms with Gasteiger partial charge in [0, 0.05) is 16.2 Å². The molecule has 6 heteroatoms. The first-order valence-corrected chi connectivity index (χ1v) is 6.93. The molecule has 0 fully saturated rings. The zero-order valence-corrected chi connectivity index (χ0v) is 12.6. The van der Waals surface area contributed by atoms with E-state index in [2.05, 4.69) is 31.1 Å². The maximum absolute atomic E-state index is 8.75. The number of aryl methyl sites for hydroxylation is 1. The number of aromatic nitrogens is 3. The molecule has 0 radical (unpaired) electrons. The molecule has 0 aliphatic rings. The Morgan fingerprint density at radius 1 is 1.24 bits per heavy atom. The number of halogens is 1. The van der Waals surface area contributed by atoms with Crippen molar-refractivity contribution in [3.05, 3.63) is 52.1 Å². The summed E-state index contributed by atoms with van der Waals surface area (Å²) in [6.45, 7) is 2.01. The van der Waals surface area contributed by atoms with Crippen molar-refractivity contribution >= 4 is 15.9 Å². The molecule has 0 saturated carbocycles. The summed E-state index contributed by atoms with van der Waals surface area (Å²) >= 11 is 3.48. The van der Waals surface area contributed by atoms with E-state index >= 15 is 0 Å². The average molecular weight is 341 g/mol. The van der Waals surface area contributed by atoms with Crippen molar-refractivity contribution in [3.8, 4) is 29.0 Å². The molecule has 2 heterocycles. The molecule has 3 aromatic rings. The van der Waals surface area contributed by atoms with Crippen LogP contribution in [0.4, 0.5) is 0 Å². The zero-order chi connectivity index (χ0) is 14.8. The maximum Gasteiger partial charge on any atom is 0.276 e. The van der Waals surface area contributed by atoms with Gasteiger partial charge in [-0.25, -0.2) is 4.98 Å². The van der Waals surface area contributed by atoms with Crippen LogP contribution < -0.4 is 0 Å². The number of pyridine rings is 1. The standard InChI is InChI=1S/C15H9BrN4O/c1-9-2-4-11(6-12(9)16)14-19-15(21-20-14)13-5-3-10(7-17)8-18-13/h2-6,8H,1H3. The fraction of sp³-hybridized carbons (Fsp3) is 0.0667. The molecule has 1 aromatic carbocycles. The lowest BCUT2D eigenvalue weighted by atomic mass is 10.1. The SMILES string of the molecule is Cc1ccc(-c2noc(-c3ccc(C#N)cn3)n2)cc1Br. The summed E-state index contributed by atoms with van der Waals surface area (Å²) in [6.07, 6.45) is 1.47. The number of nitriles is 1. The monoisotopic (exact) mass is 340 g/mol. The van der Waals surface area contributed by atoms with Crippen LogP contribution >= 0.6 is 15.9 Å². The Kier molecular flexibility index (Phi) is 3.50. The first-order chi connectivity index (χ1) is 10.2. The minimum absolute atomic E-state index is 0.325. The lowest BCUT2D eigenvalue weighted by Crippen LogP contribution is -1.86. The highest BCUT2D eigenvalue weighted by molar-refractivity contribution is 9.10. The molecule has 5 nitrogen and oxygen atoms in total. The fourth-order valence-corrected chi connectivity index (χ4v) is 2.14.